The number of nitrogens with one attached hydrogen (secondary N) is 2. The van der Waals surface area contributed by atoms with Crippen LogP contribution in [0.4, 0.5) is 5.69 Å². The molecule has 1 aliphatic rings. The average molecular weight is 345 g/mol. The number of carbonyl (C=O) groups excluding carboxylic acids is 2. The van der Waals surface area contributed by atoms with Gasteiger partial charge in [0, 0.05) is 30.2 Å². The van der Waals surface area contributed by atoms with Gasteiger partial charge in [-0.1, -0.05) is 12.1 Å². The molecular weight excluding hydrogens is 314 g/mol. The zero-order valence-electron chi connectivity index (χ0n) is 16.1. The molecule has 0 aliphatic heterocycles. The van der Waals surface area contributed by atoms with Crippen molar-refractivity contribution in [1.82, 2.24) is 10.2 Å². The summed E-state index contributed by atoms with van der Waals surface area (Å²) in [5, 5.41) is 5.98. The van der Waals surface area contributed by atoms with Crippen molar-refractivity contribution < 1.29 is 9.59 Å². The largest absolute Gasteiger partial charge is 0.351 e. The molecule has 0 aromatic heterocycles. The van der Waals surface area contributed by atoms with Gasteiger partial charge in [0.25, 0.3) is 0 Å². The maximum absolute atomic E-state index is 12.4. The van der Waals surface area contributed by atoms with E-state index in [1.54, 1.807) is 0 Å². The summed E-state index contributed by atoms with van der Waals surface area (Å²) in [6.45, 7) is 10.9. The van der Waals surface area contributed by atoms with Crippen molar-refractivity contribution in [1.29, 1.82) is 0 Å². The maximum Gasteiger partial charge on any atom is 0.238 e. The van der Waals surface area contributed by atoms with E-state index in [1.807, 2.05) is 52.8 Å². The summed E-state index contributed by atoms with van der Waals surface area (Å²) in [6.07, 6.45) is 2.64. The van der Waals surface area contributed by atoms with Crippen LogP contribution in [0.5, 0.6) is 0 Å². The first-order chi connectivity index (χ1) is 11.6. The summed E-state index contributed by atoms with van der Waals surface area (Å²) in [5.41, 5.74) is 2.83. The molecule has 0 atom stereocenters. The lowest BCUT2D eigenvalue weighted by atomic mass is 10.1. The fraction of sp³-hybridized carbons (Fsp3) is 0.600. The number of aryl methyl sites for hydroxylation is 2. The van der Waals surface area contributed by atoms with Gasteiger partial charge < -0.3 is 10.6 Å². The minimum atomic E-state index is -0.221. The lowest BCUT2D eigenvalue weighted by Crippen LogP contribution is -2.43. The summed E-state index contributed by atoms with van der Waals surface area (Å²) in [6, 6.07) is 6.48. The minimum Gasteiger partial charge on any atom is -0.351 e. The highest BCUT2D eigenvalue weighted by atomic mass is 16.2. The summed E-state index contributed by atoms with van der Waals surface area (Å²) in [4.78, 5) is 26.6. The Morgan fingerprint density at radius 2 is 1.84 bits per heavy atom. The highest BCUT2D eigenvalue weighted by Gasteiger charge is 2.30. The van der Waals surface area contributed by atoms with E-state index in [9.17, 15) is 9.59 Å². The van der Waals surface area contributed by atoms with E-state index >= 15 is 0 Å². The normalized spacial score (nSPS) is 14.5. The van der Waals surface area contributed by atoms with Crippen LogP contribution in [-0.4, -0.2) is 41.4 Å². The number of benzene rings is 1. The molecule has 0 heterocycles. The van der Waals surface area contributed by atoms with Crippen molar-refractivity contribution in [2.24, 2.45) is 0 Å². The summed E-state index contributed by atoms with van der Waals surface area (Å²) in [5.74, 6) is 0.0184. The number of carbonyl (C=O) groups is 2. The van der Waals surface area contributed by atoms with E-state index < -0.39 is 0 Å². The quantitative estimate of drug-likeness (QED) is 0.798. The second-order valence-electron chi connectivity index (χ2n) is 8.12. The smallest absolute Gasteiger partial charge is 0.238 e. The number of hydrogen-bond acceptors (Lipinski definition) is 3. The molecular formula is C20H31N3O2. The molecule has 5 nitrogen and oxygen atoms in total. The van der Waals surface area contributed by atoms with Crippen LogP contribution in [0.3, 0.4) is 0 Å². The maximum atomic E-state index is 12.4. The van der Waals surface area contributed by atoms with Crippen LogP contribution in [0.1, 0.15) is 51.2 Å². The Labute approximate surface area is 151 Å². The summed E-state index contributed by atoms with van der Waals surface area (Å²) < 4.78 is 0. The Morgan fingerprint density at radius 1 is 1.16 bits per heavy atom. The van der Waals surface area contributed by atoms with E-state index in [0.717, 1.165) is 29.7 Å². The second-order valence-corrected chi connectivity index (χ2v) is 8.12. The summed E-state index contributed by atoms with van der Waals surface area (Å²) in [7, 11) is 0. The van der Waals surface area contributed by atoms with Gasteiger partial charge in [-0.05, 0) is 64.7 Å². The van der Waals surface area contributed by atoms with Crippen LogP contribution in [-0.2, 0) is 9.59 Å². The fourth-order valence-electron chi connectivity index (χ4n) is 2.80. The molecule has 0 saturated heterocycles. The Kier molecular flexibility index (Phi) is 6.22. The molecule has 138 valence electrons. The van der Waals surface area contributed by atoms with Crippen molar-refractivity contribution in [3.05, 3.63) is 29.3 Å². The van der Waals surface area contributed by atoms with Crippen molar-refractivity contribution in [2.45, 2.75) is 65.5 Å². The Hall–Kier alpha value is -1.88. The molecule has 25 heavy (non-hydrogen) atoms. The molecule has 0 bridgehead atoms. The number of anilines is 1. The molecule has 1 aliphatic carbocycles. The molecule has 2 N–H and O–H groups in total. The Balaban J connectivity index is 1.87. The van der Waals surface area contributed by atoms with Crippen LogP contribution < -0.4 is 10.6 Å². The molecule has 1 fully saturated rings. The third-order valence-corrected chi connectivity index (χ3v) is 4.22. The predicted octanol–water partition coefficient (Wildman–Crippen LogP) is 3.01. The number of hydrogen-bond donors (Lipinski definition) is 2. The van der Waals surface area contributed by atoms with Crippen molar-refractivity contribution in [2.75, 3.05) is 18.4 Å². The first-order valence-corrected chi connectivity index (χ1v) is 9.06. The SMILES string of the molecule is Cc1ccc(C)c(NC(=O)CN(CCC(=O)NC(C)(C)C)C2CC2)c1. The number of nitrogens with zero attached hydrogens (tertiary/aromatic N) is 1. The average Bonchev–Trinajstić information content (AvgIpc) is 3.30. The summed E-state index contributed by atoms with van der Waals surface area (Å²) >= 11 is 0. The highest BCUT2D eigenvalue weighted by molar-refractivity contribution is 5.93. The fourth-order valence-corrected chi connectivity index (χ4v) is 2.80. The Morgan fingerprint density at radius 3 is 2.44 bits per heavy atom. The zero-order valence-corrected chi connectivity index (χ0v) is 16.1. The first kappa shape index (κ1) is 19.4. The second kappa shape index (κ2) is 8.00. The van der Waals surface area contributed by atoms with Gasteiger partial charge in [-0.25, -0.2) is 0 Å². The molecule has 0 spiro atoms. The lowest BCUT2D eigenvalue weighted by Gasteiger charge is -2.24. The lowest BCUT2D eigenvalue weighted by molar-refractivity contribution is -0.123. The van der Waals surface area contributed by atoms with Gasteiger partial charge in [-0.15, -0.1) is 0 Å². The molecule has 1 aromatic carbocycles. The molecule has 0 unspecified atom stereocenters. The van der Waals surface area contributed by atoms with Gasteiger partial charge >= 0.3 is 0 Å². The highest BCUT2D eigenvalue weighted by Crippen LogP contribution is 2.27. The van der Waals surface area contributed by atoms with Crippen LogP contribution in [0.15, 0.2) is 18.2 Å². The zero-order chi connectivity index (χ0) is 18.6. The van der Waals surface area contributed by atoms with Crippen LogP contribution in [0, 0.1) is 13.8 Å². The number of amides is 2. The topological polar surface area (TPSA) is 61.4 Å². The molecule has 1 aromatic rings. The van der Waals surface area contributed by atoms with Crippen LogP contribution in [0.25, 0.3) is 0 Å². The monoisotopic (exact) mass is 345 g/mol. The van der Waals surface area contributed by atoms with Crippen molar-refractivity contribution in [3.8, 4) is 0 Å². The van der Waals surface area contributed by atoms with Gasteiger partial charge in [0.05, 0.1) is 6.54 Å². The Bertz CT molecular complexity index is 630. The van der Waals surface area contributed by atoms with E-state index in [-0.39, 0.29) is 17.4 Å². The van der Waals surface area contributed by atoms with Crippen molar-refractivity contribution in [3.63, 3.8) is 0 Å². The number of rotatable bonds is 7. The molecule has 5 heteroatoms. The van der Waals surface area contributed by atoms with Gasteiger partial charge in [-0.3, -0.25) is 14.5 Å². The van der Waals surface area contributed by atoms with Gasteiger partial charge in [0.2, 0.25) is 11.8 Å². The van der Waals surface area contributed by atoms with E-state index in [2.05, 4.69) is 15.5 Å². The van der Waals surface area contributed by atoms with Gasteiger partial charge in [-0.2, -0.15) is 0 Å². The standard InChI is InChI=1S/C20H31N3O2/c1-14-6-7-15(2)17(12-14)21-19(25)13-23(16-8-9-16)11-10-18(24)22-20(3,4)5/h6-7,12,16H,8-11,13H2,1-5H3,(H,21,25)(H,22,24). The molecule has 1 saturated carbocycles. The van der Waals surface area contributed by atoms with Gasteiger partial charge in [0.1, 0.15) is 0 Å². The van der Waals surface area contributed by atoms with Crippen LogP contribution in [0.2, 0.25) is 0 Å². The van der Waals surface area contributed by atoms with Gasteiger partial charge in [0.15, 0.2) is 0 Å². The third kappa shape index (κ3) is 6.86. The predicted molar refractivity (Wildman–Crippen MR) is 102 cm³/mol. The third-order valence-electron chi connectivity index (χ3n) is 4.22. The van der Waals surface area contributed by atoms with E-state index in [4.69, 9.17) is 0 Å². The van der Waals surface area contributed by atoms with Crippen molar-refractivity contribution >= 4 is 17.5 Å². The molecule has 0 radical (unpaired) electrons. The van der Waals surface area contributed by atoms with E-state index in [0.29, 0.717) is 25.6 Å². The molecule has 2 amide bonds. The molecule has 2 rings (SSSR count). The van der Waals surface area contributed by atoms with E-state index in [1.165, 1.54) is 0 Å². The minimum absolute atomic E-state index is 0.0168. The first-order valence-electron chi connectivity index (χ1n) is 9.06. The van der Waals surface area contributed by atoms with Crippen LogP contribution >= 0.6 is 0 Å².